The van der Waals surface area contributed by atoms with Gasteiger partial charge in [0.25, 0.3) is 0 Å². The molecule has 0 spiro atoms. The molecule has 0 heterocycles. The molecule has 0 bridgehead atoms. The highest BCUT2D eigenvalue weighted by molar-refractivity contribution is 5.41. The van der Waals surface area contributed by atoms with Gasteiger partial charge < -0.3 is 24.4 Å². The summed E-state index contributed by atoms with van der Waals surface area (Å²) in [6.07, 6.45) is 4.56. The van der Waals surface area contributed by atoms with Crippen molar-refractivity contribution in [2.75, 3.05) is 48.1 Å². The molecule has 6 nitrogen and oxygen atoms in total. The number of ether oxygens (including phenoxy) is 3. The molecule has 0 aromatic rings. The van der Waals surface area contributed by atoms with E-state index in [4.69, 9.17) is 19.0 Å². The molecule has 0 saturated heterocycles. The van der Waals surface area contributed by atoms with Crippen molar-refractivity contribution in [1.29, 1.82) is 0 Å². The predicted octanol–water partition coefficient (Wildman–Crippen LogP) is 1.99. The van der Waals surface area contributed by atoms with Crippen LogP contribution in [0.3, 0.4) is 0 Å². The van der Waals surface area contributed by atoms with Gasteiger partial charge in [0.1, 0.15) is 11.7 Å². The largest absolute Gasteiger partial charge is 0.379 e. The van der Waals surface area contributed by atoms with Crippen LogP contribution in [0.15, 0.2) is 0 Å². The van der Waals surface area contributed by atoms with Gasteiger partial charge in [0.2, 0.25) is 0 Å². The molecule has 2 saturated carbocycles. The lowest BCUT2D eigenvalue weighted by Crippen LogP contribution is -2.50. The minimum atomic E-state index is -0.170. The Bertz CT molecular complexity index is 411. The Morgan fingerprint density at radius 1 is 1.12 bits per heavy atom. The van der Waals surface area contributed by atoms with Gasteiger partial charge in [-0.1, -0.05) is 6.92 Å². The zero-order chi connectivity index (χ0) is 18.5. The fourth-order valence-electron chi connectivity index (χ4n) is 4.97. The van der Waals surface area contributed by atoms with E-state index in [1.807, 2.05) is 14.2 Å². The molecule has 0 aliphatic heterocycles. The molecule has 25 heavy (non-hydrogen) atoms. The zero-order valence-electron chi connectivity index (χ0n) is 16.9. The first-order valence-corrected chi connectivity index (χ1v) is 9.66. The molecule has 6 heteroatoms. The third kappa shape index (κ3) is 3.75. The van der Waals surface area contributed by atoms with Crippen molar-refractivity contribution >= 4 is 0 Å². The van der Waals surface area contributed by atoms with Crippen molar-refractivity contribution in [3.05, 3.63) is 0 Å². The van der Waals surface area contributed by atoms with Gasteiger partial charge in [-0.15, -0.1) is 0 Å². The van der Waals surface area contributed by atoms with Gasteiger partial charge >= 0.3 is 0 Å². The van der Waals surface area contributed by atoms with Crippen molar-refractivity contribution in [2.45, 2.75) is 57.3 Å². The molecule has 2 N–H and O–H groups in total. The number of fused-ring (bicyclic) bond motifs is 1. The highest BCUT2D eigenvalue weighted by Gasteiger charge is 2.93. The van der Waals surface area contributed by atoms with E-state index in [1.54, 1.807) is 14.2 Å². The smallest absolute Gasteiger partial charge is 0.113 e. The van der Waals surface area contributed by atoms with Crippen LogP contribution in [0.1, 0.15) is 39.5 Å². The van der Waals surface area contributed by atoms with Gasteiger partial charge in [-0.3, -0.25) is 0 Å². The zero-order valence-corrected chi connectivity index (χ0v) is 16.9. The highest BCUT2D eigenvalue weighted by atomic mass is 16.6. The Morgan fingerprint density at radius 3 is 2.44 bits per heavy atom. The normalized spacial score (nSPS) is 33.6. The van der Waals surface area contributed by atoms with E-state index in [0.717, 1.165) is 32.5 Å². The van der Waals surface area contributed by atoms with E-state index in [1.165, 1.54) is 12.8 Å². The van der Waals surface area contributed by atoms with Crippen molar-refractivity contribution in [3.63, 3.8) is 0 Å². The number of hydrogen-bond donors (Lipinski definition) is 2. The summed E-state index contributed by atoms with van der Waals surface area (Å²) in [5.74, 6) is 1.23. The molecule has 2 fully saturated rings. The van der Waals surface area contributed by atoms with Crippen molar-refractivity contribution in [2.24, 2.45) is 17.3 Å². The monoisotopic (exact) mass is 358 g/mol. The Balaban J connectivity index is 1.98. The number of nitrogens with one attached hydrogen (secondary N) is 2. The van der Waals surface area contributed by atoms with Crippen LogP contribution in [0.2, 0.25) is 0 Å². The Kier molecular flexibility index (Phi) is 7.67. The average molecular weight is 359 g/mol. The molecule has 6 atom stereocenters. The quantitative estimate of drug-likeness (QED) is 0.345. The maximum Gasteiger partial charge on any atom is 0.113 e. The molecule has 0 radical (unpaired) electrons. The predicted molar refractivity (Wildman–Crippen MR) is 98.4 cm³/mol. The molecule has 2 aliphatic carbocycles. The standard InChI is InChI=1S/C19H38N2O4/c1-14(9-7-11-21-24-6)18-13-16(18)19(18,23-5)17(15(2)22-4)25-12-8-10-20-3/h14-17,20-21H,7-13H2,1-6H3. The van der Waals surface area contributed by atoms with E-state index in [0.29, 0.717) is 11.8 Å². The highest BCUT2D eigenvalue weighted by Crippen LogP contribution is 2.88. The summed E-state index contributed by atoms with van der Waals surface area (Å²) in [6, 6.07) is 0. The van der Waals surface area contributed by atoms with Crippen LogP contribution in [0.25, 0.3) is 0 Å². The molecule has 0 aromatic heterocycles. The molecule has 148 valence electrons. The fourth-order valence-corrected chi connectivity index (χ4v) is 4.97. The second-order valence-corrected chi connectivity index (χ2v) is 7.63. The van der Waals surface area contributed by atoms with E-state index >= 15 is 0 Å². The van der Waals surface area contributed by atoms with Gasteiger partial charge in [0, 0.05) is 38.7 Å². The summed E-state index contributed by atoms with van der Waals surface area (Å²) in [4.78, 5) is 4.93. The van der Waals surface area contributed by atoms with Crippen molar-refractivity contribution < 1.29 is 19.0 Å². The fraction of sp³-hybridized carbons (Fsp3) is 1.00. The molecular formula is C19H38N2O4. The molecule has 6 unspecified atom stereocenters. The van der Waals surface area contributed by atoms with Crippen LogP contribution in [-0.4, -0.2) is 65.9 Å². The average Bonchev–Trinajstić information content (AvgIpc) is 3.50. The summed E-state index contributed by atoms with van der Waals surface area (Å²) >= 11 is 0. The van der Waals surface area contributed by atoms with E-state index < -0.39 is 0 Å². The molecular weight excluding hydrogens is 320 g/mol. The number of hydroxylamine groups is 1. The minimum absolute atomic E-state index is 0.00217. The van der Waals surface area contributed by atoms with Gasteiger partial charge in [-0.2, -0.15) is 0 Å². The van der Waals surface area contributed by atoms with Gasteiger partial charge in [-0.25, -0.2) is 5.48 Å². The lowest BCUT2D eigenvalue weighted by molar-refractivity contribution is -0.163. The van der Waals surface area contributed by atoms with E-state index in [2.05, 4.69) is 24.6 Å². The molecule has 0 amide bonds. The van der Waals surface area contributed by atoms with E-state index in [-0.39, 0.29) is 23.2 Å². The maximum atomic E-state index is 6.31. The van der Waals surface area contributed by atoms with Crippen LogP contribution >= 0.6 is 0 Å². The molecule has 2 aliphatic rings. The molecule has 2 rings (SSSR count). The summed E-state index contributed by atoms with van der Waals surface area (Å²) in [7, 11) is 7.24. The number of rotatable bonds is 15. The lowest BCUT2D eigenvalue weighted by atomic mass is 9.82. The lowest BCUT2D eigenvalue weighted by Gasteiger charge is -2.39. The van der Waals surface area contributed by atoms with Crippen molar-refractivity contribution in [1.82, 2.24) is 10.8 Å². The minimum Gasteiger partial charge on any atom is -0.379 e. The summed E-state index contributed by atoms with van der Waals surface area (Å²) in [6.45, 7) is 7.05. The van der Waals surface area contributed by atoms with Crippen molar-refractivity contribution in [3.8, 4) is 0 Å². The first-order chi connectivity index (χ1) is 12.1. The summed E-state index contributed by atoms with van der Waals surface area (Å²) in [5, 5.41) is 3.17. The van der Waals surface area contributed by atoms with E-state index in [9.17, 15) is 0 Å². The van der Waals surface area contributed by atoms with Crippen LogP contribution in [-0.2, 0) is 19.0 Å². The van der Waals surface area contributed by atoms with Gasteiger partial charge in [0.15, 0.2) is 0 Å². The second-order valence-electron chi connectivity index (χ2n) is 7.63. The summed E-state index contributed by atoms with van der Waals surface area (Å²) in [5.41, 5.74) is 3.03. The van der Waals surface area contributed by atoms with Crippen LogP contribution < -0.4 is 10.8 Å². The Labute approximate surface area is 153 Å². The summed E-state index contributed by atoms with van der Waals surface area (Å²) < 4.78 is 18.1. The topological polar surface area (TPSA) is 61.0 Å². The molecule has 0 aromatic carbocycles. The first kappa shape index (κ1) is 21.1. The van der Waals surface area contributed by atoms with Crippen LogP contribution in [0.4, 0.5) is 0 Å². The van der Waals surface area contributed by atoms with Crippen LogP contribution in [0.5, 0.6) is 0 Å². The third-order valence-electron chi connectivity index (χ3n) is 6.53. The first-order valence-electron chi connectivity index (χ1n) is 9.66. The Hall–Kier alpha value is -0.240. The Morgan fingerprint density at radius 2 is 1.88 bits per heavy atom. The number of methoxy groups -OCH3 is 2. The van der Waals surface area contributed by atoms with Gasteiger partial charge in [0.05, 0.1) is 13.2 Å². The van der Waals surface area contributed by atoms with Crippen LogP contribution in [0, 0.1) is 17.3 Å². The van der Waals surface area contributed by atoms with Gasteiger partial charge in [-0.05, 0) is 52.1 Å². The maximum absolute atomic E-state index is 6.31. The number of hydrogen-bond acceptors (Lipinski definition) is 6. The second kappa shape index (κ2) is 9.11. The SMILES string of the molecule is CNCCCOC(C(C)OC)C1(OC)C2CC21C(C)CCCNOC. The third-order valence-corrected chi connectivity index (χ3v) is 6.53.